The van der Waals surface area contributed by atoms with Gasteiger partial charge in [0.25, 0.3) is 0 Å². The van der Waals surface area contributed by atoms with Crippen LogP contribution in [0.15, 0.2) is 41.0 Å². The molecule has 1 atom stereocenters. The Balaban J connectivity index is 1.77. The van der Waals surface area contributed by atoms with Crippen LogP contribution in [0, 0.1) is 0 Å². The summed E-state index contributed by atoms with van der Waals surface area (Å²) in [7, 11) is -1.05. The second-order valence-electron chi connectivity index (χ2n) is 5.54. The number of aromatic nitrogens is 2. The fourth-order valence-corrected chi connectivity index (χ4v) is 4.74. The zero-order valence-electron chi connectivity index (χ0n) is 12.6. The van der Waals surface area contributed by atoms with Crippen molar-refractivity contribution in [2.75, 3.05) is 28.8 Å². The average molecular weight is 397 g/mol. The van der Waals surface area contributed by atoms with Crippen LogP contribution in [-0.4, -0.2) is 43.0 Å². The van der Waals surface area contributed by atoms with Gasteiger partial charge in [-0.15, -0.1) is 0 Å². The highest BCUT2D eigenvalue weighted by Gasteiger charge is 2.31. The fourth-order valence-electron chi connectivity index (χ4n) is 2.57. The van der Waals surface area contributed by atoms with Crippen molar-refractivity contribution in [3.63, 3.8) is 0 Å². The SMILES string of the molecule is CN(c1ccnc(Nc2cccc(Br)c2)n1)C1CCS(=O)(=O)C1. The lowest BCUT2D eigenvalue weighted by Crippen LogP contribution is -2.33. The Morgan fingerprint density at radius 3 is 2.87 bits per heavy atom. The van der Waals surface area contributed by atoms with E-state index in [1.807, 2.05) is 36.2 Å². The van der Waals surface area contributed by atoms with Crippen LogP contribution in [0.2, 0.25) is 0 Å². The number of halogens is 1. The summed E-state index contributed by atoms with van der Waals surface area (Å²) in [6.45, 7) is 0. The average Bonchev–Trinajstić information content (AvgIpc) is 2.87. The van der Waals surface area contributed by atoms with Crippen molar-refractivity contribution < 1.29 is 8.42 Å². The van der Waals surface area contributed by atoms with E-state index in [1.165, 1.54) is 0 Å². The zero-order chi connectivity index (χ0) is 16.4. The van der Waals surface area contributed by atoms with E-state index in [2.05, 4.69) is 31.2 Å². The first-order chi connectivity index (χ1) is 10.9. The smallest absolute Gasteiger partial charge is 0.229 e. The minimum Gasteiger partial charge on any atom is -0.355 e. The molecule has 0 saturated carbocycles. The van der Waals surface area contributed by atoms with E-state index in [9.17, 15) is 8.42 Å². The number of hydrogen-bond acceptors (Lipinski definition) is 6. The van der Waals surface area contributed by atoms with E-state index >= 15 is 0 Å². The molecular weight excluding hydrogens is 380 g/mol. The maximum atomic E-state index is 11.6. The highest BCUT2D eigenvalue weighted by Crippen LogP contribution is 2.23. The van der Waals surface area contributed by atoms with Gasteiger partial charge in [0.1, 0.15) is 5.82 Å². The van der Waals surface area contributed by atoms with Crippen LogP contribution in [0.5, 0.6) is 0 Å². The second kappa shape index (κ2) is 6.45. The summed E-state index contributed by atoms with van der Waals surface area (Å²) in [6.07, 6.45) is 2.31. The van der Waals surface area contributed by atoms with Gasteiger partial charge in [0.15, 0.2) is 9.84 Å². The van der Waals surface area contributed by atoms with Gasteiger partial charge >= 0.3 is 0 Å². The molecule has 3 rings (SSSR count). The van der Waals surface area contributed by atoms with E-state index < -0.39 is 9.84 Å². The van der Waals surface area contributed by atoms with Gasteiger partial charge in [0, 0.05) is 29.4 Å². The molecule has 122 valence electrons. The monoisotopic (exact) mass is 396 g/mol. The summed E-state index contributed by atoms with van der Waals surface area (Å²) in [5, 5.41) is 3.15. The molecule has 1 unspecified atom stereocenters. The summed E-state index contributed by atoms with van der Waals surface area (Å²) in [5.74, 6) is 1.62. The standard InChI is InChI=1S/C15H17BrN4O2S/c1-20(13-6-8-23(21,22)10-13)14-5-7-17-15(19-14)18-12-4-2-3-11(16)9-12/h2-5,7,9,13H,6,8,10H2,1H3,(H,17,18,19). The Morgan fingerprint density at radius 2 is 2.17 bits per heavy atom. The largest absolute Gasteiger partial charge is 0.355 e. The van der Waals surface area contributed by atoms with Crippen LogP contribution >= 0.6 is 15.9 Å². The Kier molecular flexibility index (Phi) is 4.54. The first kappa shape index (κ1) is 16.2. The zero-order valence-corrected chi connectivity index (χ0v) is 15.0. The van der Waals surface area contributed by atoms with Gasteiger partial charge in [0.2, 0.25) is 5.95 Å². The molecule has 2 heterocycles. The van der Waals surface area contributed by atoms with E-state index in [0.29, 0.717) is 18.2 Å². The predicted octanol–water partition coefficient (Wildman–Crippen LogP) is 2.61. The summed E-state index contributed by atoms with van der Waals surface area (Å²) < 4.78 is 24.2. The van der Waals surface area contributed by atoms with Crippen molar-refractivity contribution in [3.05, 3.63) is 41.0 Å². The highest BCUT2D eigenvalue weighted by atomic mass is 79.9. The van der Waals surface area contributed by atoms with Crippen molar-refractivity contribution in [1.82, 2.24) is 9.97 Å². The molecule has 2 aromatic rings. The predicted molar refractivity (Wildman–Crippen MR) is 94.9 cm³/mol. The molecule has 23 heavy (non-hydrogen) atoms. The molecule has 0 aliphatic carbocycles. The number of rotatable bonds is 4. The molecule has 0 radical (unpaired) electrons. The fraction of sp³-hybridized carbons (Fsp3) is 0.333. The van der Waals surface area contributed by atoms with Gasteiger partial charge in [-0.3, -0.25) is 0 Å². The normalized spacial score (nSPS) is 19.5. The molecule has 1 aliphatic rings. The van der Waals surface area contributed by atoms with Gasteiger partial charge in [0.05, 0.1) is 11.5 Å². The van der Waals surface area contributed by atoms with Gasteiger partial charge in [-0.2, -0.15) is 4.98 Å². The lowest BCUT2D eigenvalue weighted by Gasteiger charge is -2.24. The number of nitrogens with zero attached hydrogens (tertiary/aromatic N) is 3. The number of anilines is 3. The highest BCUT2D eigenvalue weighted by molar-refractivity contribution is 9.10. The Labute approximate surface area is 144 Å². The maximum Gasteiger partial charge on any atom is 0.229 e. The molecule has 0 spiro atoms. The molecule has 0 amide bonds. The third-order valence-electron chi connectivity index (χ3n) is 3.84. The quantitative estimate of drug-likeness (QED) is 0.855. The van der Waals surface area contributed by atoms with E-state index in [1.54, 1.807) is 12.3 Å². The summed E-state index contributed by atoms with van der Waals surface area (Å²) >= 11 is 3.42. The lowest BCUT2D eigenvalue weighted by molar-refractivity contribution is 0.600. The molecular formula is C15H17BrN4O2S. The number of sulfone groups is 1. The summed E-state index contributed by atoms with van der Waals surface area (Å²) in [4.78, 5) is 10.6. The summed E-state index contributed by atoms with van der Waals surface area (Å²) in [5.41, 5.74) is 0.877. The van der Waals surface area contributed by atoms with Gasteiger partial charge in [-0.25, -0.2) is 13.4 Å². The first-order valence-corrected chi connectivity index (χ1v) is 9.83. The lowest BCUT2D eigenvalue weighted by atomic mass is 10.2. The van der Waals surface area contributed by atoms with Crippen LogP contribution in [0.3, 0.4) is 0 Å². The Bertz CT molecular complexity index is 813. The van der Waals surface area contributed by atoms with Crippen LogP contribution in [0.25, 0.3) is 0 Å². The van der Waals surface area contributed by atoms with Crippen molar-refractivity contribution in [2.45, 2.75) is 12.5 Å². The van der Waals surface area contributed by atoms with Crippen molar-refractivity contribution >= 4 is 43.2 Å². The third-order valence-corrected chi connectivity index (χ3v) is 6.08. The number of nitrogens with one attached hydrogen (secondary N) is 1. The molecule has 1 aromatic heterocycles. The summed E-state index contributed by atoms with van der Waals surface area (Å²) in [6, 6.07) is 9.48. The topological polar surface area (TPSA) is 75.2 Å². The Hall–Kier alpha value is -1.67. The van der Waals surface area contributed by atoms with Crippen molar-refractivity contribution in [2.24, 2.45) is 0 Å². The van der Waals surface area contributed by atoms with Crippen LogP contribution in [-0.2, 0) is 9.84 Å². The van der Waals surface area contributed by atoms with Gasteiger partial charge < -0.3 is 10.2 Å². The van der Waals surface area contributed by atoms with Crippen LogP contribution < -0.4 is 10.2 Å². The van der Waals surface area contributed by atoms with Crippen LogP contribution in [0.1, 0.15) is 6.42 Å². The molecule has 1 aliphatic heterocycles. The van der Waals surface area contributed by atoms with E-state index in [-0.39, 0.29) is 17.5 Å². The molecule has 1 fully saturated rings. The number of benzene rings is 1. The van der Waals surface area contributed by atoms with Crippen molar-refractivity contribution in [1.29, 1.82) is 0 Å². The molecule has 0 bridgehead atoms. The van der Waals surface area contributed by atoms with E-state index in [0.717, 1.165) is 10.2 Å². The van der Waals surface area contributed by atoms with Crippen LogP contribution in [0.4, 0.5) is 17.5 Å². The first-order valence-electron chi connectivity index (χ1n) is 7.22. The van der Waals surface area contributed by atoms with Gasteiger partial charge in [-0.05, 0) is 30.7 Å². The van der Waals surface area contributed by atoms with E-state index in [4.69, 9.17) is 0 Å². The third kappa shape index (κ3) is 4.00. The Morgan fingerprint density at radius 1 is 1.35 bits per heavy atom. The molecule has 1 N–H and O–H groups in total. The minimum atomic E-state index is -2.92. The number of hydrogen-bond donors (Lipinski definition) is 1. The minimum absolute atomic E-state index is 0.0337. The van der Waals surface area contributed by atoms with Crippen molar-refractivity contribution in [3.8, 4) is 0 Å². The molecule has 1 aromatic carbocycles. The molecule has 1 saturated heterocycles. The molecule has 6 nitrogen and oxygen atoms in total. The molecule has 8 heteroatoms. The van der Waals surface area contributed by atoms with Gasteiger partial charge in [-0.1, -0.05) is 22.0 Å². The second-order valence-corrected chi connectivity index (χ2v) is 8.69. The maximum absolute atomic E-state index is 11.6.